The fraction of sp³-hybridized carbons (Fsp3) is 0.176. The van der Waals surface area contributed by atoms with Gasteiger partial charge in [0.15, 0.2) is 5.11 Å². The van der Waals surface area contributed by atoms with Gasteiger partial charge < -0.3 is 10.2 Å². The van der Waals surface area contributed by atoms with Crippen LogP contribution in [0.3, 0.4) is 0 Å². The van der Waals surface area contributed by atoms with Gasteiger partial charge in [0.1, 0.15) is 0 Å². The summed E-state index contributed by atoms with van der Waals surface area (Å²) in [5.41, 5.74) is 0.349. The van der Waals surface area contributed by atoms with Gasteiger partial charge in [-0.05, 0) is 36.0 Å². The highest BCUT2D eigenvalue weighted by Crippen LogP contribution is 2.36. The van der Waals surface area contributed by atoms with E-state index in [2.05, 4.69) is 5.32 Å². The maximum atomic E-state index is 13.0. The minimum absolute atomic E-state index is 0.0967. The minimum Gasteiger partial charge on any atom is -0.311 e. The van der Waals surface area contributed by atoms with Crippen LogP contribution in [0.25, 0.3) is 0 Å². The van der Waals surface area contributed by atoms with Crippen molar-refractivity contribution >= 4 is 28.9 Å². The number of benzene rings is 2. The molecule has 1 atom stereocenters. The van der Waals surface area contributed by atoms with Crippen molar-refractivity contribution in [3.8, 4) is 0 Å². The molecule has 0 radical (unpaired) electrons. The second kappa shape index (κ2) is 6.24. The van der Waals surface area contributed by atoms with Crippen LogP contribution in [0.15, 0.2) is 54.6 Å². The lowest BCUT2D eigenvalue weighted by Crippen LogP contribution is -2.51. The molecule has 1 amide bonds. The van der Waals surface area contributed by atoms with Crippen LogP contribution in [0, 0.1) is 0 Å². The molecule has 24 heavy (non-hydrogen) atoms. The highest BCUT2D eigenvalue weighted by Gasteiger charge is 2.35. The van der Waals surface area contributed by atoms with E-state index in [1.807, 2.05) is 30.3 Å². The first-order valence-corrected chi connectivity index (χ1v) is 7.62. The highest BCUT2D eigenvalue weighted by molar-refractivity contribution is 7.80. The van der Waals surface area contributed by atoms with Gasteiger partial charge >= 0.3 is 6.18 Å². The quantitative estimate of drug-likeness (QED) is 0.829. The summed E-state index contributed by atoms with van der Waals surface area (Å²) >= 11 is 5.21. The summed E-state index contributed by atoms with van der Waals surface area (Å²) in [6.07, 6.45) is -4.33. The summed E-state index contributed by atoms with van der Waals surface area (Å²) in [6.45, 7) is 0. The first-order valence-electron chi connectivity index (χ1n) is 7.21. The number of nitrogens with zero attached hydrogens (tertiary/aromatic N) is 1. The second-order valence-corrected chi connectivity index (χ2v) is 5.79. The number of carbonyl (C=O) groups is 1. The lowest BCUT2D eigenvalue weighted by molar-refractivity contribution is -0.137. The number of rotatable bonds is 2. The van der Waals surface area contributed by atoms with E-state index >= 15 is 0 Å². The van der Waals surface area contributed by atoms with Gasteiger partial charge in [-0.3, -0.25) is 4.79 Å². The van der Waals surface area contributed by atoms with Crippen LogP contribution >= 0.6 is 12.2 Å². The fourth-order valence-electron chi connectivity index (χ4n) is 2.71. The molecule has 0 spiro atoms. The summed E-state index contributed by atoms with van der Waals surface area (Å²) in [4.78, 5) is 13.4. The Hall–Kier alpha value is -2.41. The molecule has 0 saturated carbocycles. The molecule has 1 N–H and O–H groups in total. The van der Waals surface area contributed by atoms with Gasteiger partial charge in [0.25, 0.3) is 0 Å². The van der Waals surface area contributed by atoms with Crippen LogP contribution < -0.4 is 10.2 Å². The average molecular weight is 350 g/mol. The smallest absolute Gasteiger partial charge is 0.311 e. The van der Waals surface area contributed by atoms with Crippen molar-refractivity contribution in [1.29, 1.82) is 0 Å². The molecule has 7 heteroatoms. The fourth-order valence-corrected chi connectivity index (χ4v) is 3.06. The first-order chi connectivity index (χ1) is 11.4. The number of nitrogens with one attached hydrogen (secondary N) is 1. The molecule has 3 rings (SSSR count). The lowest BCUT2D eigenvalue weighted by atomic mass is 9.99. The Kier molecular flexibility index (Phi) is 4.28. The zero-order valence-corrected chi connectivity index (χ0v) is 13.2. The molecule has 2 aromatic rings. The van der Waals surface area contributed by atoms with Gasteiger partial charge in [-0.2, -0.15) is 13.2 Å². The second-order valence-electron chi connectivity index (χ2n) is 5.40. The largest absolute Gasteiger partial charge is 0.416 e. The van der Waals surface area contributed by atoms with Gasteiger partial charge in [-0.15, -0.1) is 0 Å². The maximum Gasteiger partial charge on any atom is 0.416 e. The molecule has 1 fully saturated rings. The Bertz CT molecular complexity index is 777. The van der Waals surface area contributed by atoms with Crippen molar-refractivity contribution in [1.82, 2.24) is 5.32 Å². The molecule has 1 heterocycles. The normalized spacial score (nSPS) is 18.5. The first kappa shape index (κ1) is 16.4. The zero-order valence-electron chi connectivity index (χ0n) is 12.4. The molecule has 2 aromatic carbocycles. The van der Waals surface area contributed by atoms with E-state index in [0.29, 0.717) is 5.69 Å². The number of anilines is 1. The summed E-state index contributed by atoms with van der Waals surface area (Å²) in [5, 5.41) is 2.62. The summed E-state index contributed by atoms with van der Waals surface area (Å²) in [6, 6.07) is 13.6. The third-order valence-electron chi connectivity index (χ3n) is 3.79. The number of carbonyl (C=O) groups excluding carboxylic acids is 1. The Morgan fingerprint density at radius 3 is 2.46 bits per heavy atom. The SMILES string of the molecule is O=C1C[C@H](c2ccccc2)N(c2cccc(C(F)(F)F)c2)C(=S)N1. The van der Waals surface area contributed by atoms with Crippen molar-refractivity contribution in [2.24, 2.45) is 0 Å². The standard InChI is InChI=1S/C17H13F3N2OS/c18-17(19,20)12-7-4-8-13(9-12)22-14(10-15(23)21-16(22)24)11-5-2-1-3-6-11/h1-9,14H,10H2,(H,21,23,24)/t14-/m1/s1. The third kappa shape index (κ3) is 3.26. The molecular formula is C17H13F3N2OS. The predicted molar refractivity (Wildman–Crippen MR) is 88.5 cm³/mol. The molecule has 1 saturated heterocycles. The van der Waals surface area contributed by atoms with E-state index < -0.39 is 17.8 Å². The number of halogens is 3. The molecule has 0 aliphatic carbocycles. The maximum absolute atomic E-state index is 13.0. The molecule has 124 valence electrons. The van der Waals surface area contributed by atoms with Crippen LogP contribution in [0.1, 0.15) is 23.6 Å². The number of hydrogen-bond donors (Lipinski definition) is 1. The number of hydrogen-bond acceptors (Lipinski definition) is 2. The van der Waals surface area contributed by atoms with Crippen LogP contribution in [0.2, 0.25) is 0 Å². The summed E-state index contributed by atoms with van der Waals surface area (Å²) in [7, 11) is 0. The predicted octanol–water partition coefficient (Wildman–Crippen LogP) is 4.06. The number of amides is 1. The monoisotopic (exact) mass is 350 g/mol. The van der Waals surface area contributed by atoms with E-state index in [1.54, 1.807) is 11.0 Å². The number of alkyl halides is 3. The molecular weight excluding hydrogens is 337 g/mol. The average Bonchev–Trinajstić information content (AvgIpc) is 2.54. The Balaban J connectivity index is 2.05. The van der Waals surface area contributed by atoms with Crippen molar-refractivity contribution in [2.75, 3.05) is 4.90 Å². The van der Waals surface area contributed by atoms with E-state index in [0.717, 1.165) is 17.7 Å². The lowest BCUT2D eigenvalue weighted by Gasteiger charge is -2.37. The van der Waals surface area contributed by atoms with E-state index in [4.69, 9.17) is 12.2 Å². The minimum atomic E-state index is -4.45. The third-order valence-corrected chi connectivity index (χ3v) is 4.09. The Morgan fingerprint density at radius 1 is 1.08 bits per heavy atom. The molecule has 3 nitrogen and oxygen atoms in total. The molecule has 1 aliphatic rings. The van der Waals surface area contributed by atoms with Gasteiger partial charge in [-0.1, -0.05) is 36.4 Å². The molecule has 0 aromatic heterocycles. The van der Waals surface area contributed by atoms with Crippen molar-refractivity contribution in [2.45, 2.75) is 18.6 Å². The van der Waals surface area contributed by atoms with Crippen LogP contribution in [0.4, 0.5) is 18.9 Å². The van der Waals surface area contributed by atoms with E-state index in [-0.39, 0.29) is 17.4 Å². The van der Waals surface area contributed by atoms with Crippen LogP contribution in [0.5, 0.6) is 0 Å². The molecule has 1 aliphatic heterocycles. The highest BCUT2D eigenvalue weighted by atomic mass is 32.1. The van der Waals surface area contributed by atoms with Crippen molar-refractivity contribution in [3.05, 3.63) is 65.7 Å². The van der Waals surface area contributed by atoms with Gasteiger partial charge in [0.05, 0.1) is 18.0 Å². The van der Waals surface area contributed by atoms with Crippen LogP contribution in [-0.2, 0) is 11.0 Å². The Labute approximate surface area is 142 Å². The zero-order chi connectivity index (χ0) is 17.3. The van der Waals surface area contributed by atoms with Gasteiger partial charge in [0, 0.05) is 5.69 Å². The van der Waals surface area contributed by atoms with Gasteiger partial charge in [0.2, 0.25) is 5.91 Å². The van der Waals surface area contributed by atoms with E-state index in [1.165, 1.54) is 6.07 Å². The molecule has 0 unspecified atom stereocenters. The van der Waals surface area contributed by atoms with Crippen molar-refractivity contribution in [3.63, 3.8) is 0 Å². The summed E-state index contributed by atoms with van der Waals surface area (Å²) in [5.74, 6) is -0.253. The summed E-state index contributed by atoms with van der Waals surface area (Å²) < 4.78 is 39.0. The topological polar surface area (TPSA) is 32.3 Å². The number of thiocarbonyl (C=S) groups is 1. The Morgan fingerprint density at radius 2 is 1.79 bits per heavy atom. The molecule has 0 bridgehead atoms. The van der Waals surface area contributed by atoms with Crippen LogP contribution in [-0.4, -0.2) is 11.0 Å². The van der Waals surface area contributed by atoms with E-state index in [9.17, 15) is 18.0 Å². The van der Waals surface area contributed by atoms with Crippen molar-refractivity contribution < 1.29 is 18.0 Å². The van der Waals surface area contributed by atoms with Gasteiger partial charge in [-0.25, -0.2) is 0 Å².